The van der Waals surface area contributed by atoms with E-state index in [1.54, 1.807) is 11.3 Å². The molecular formula is C14H22N2OS. The number of nitrogens with one attached hydrogen (secondary N) is 2. The van der Waals surface area contributed by atoms with Crippen molar-refractivity contribution in [1.82, 2.24) is 10.6 Å². The third kappa shape index (κ3) is 4.78. The highest BCUT2D eigenvalue weighted by Crippen LogP contribution is 2.16. The standard InChI is InChI=1S/C14H22N2OS/c17-14(10-15-9-12-7-8-18-11-12)16-13-5-3-1-2-4-6-13/h7-8,11,13,15H,1-6,9-10H2,(H,16,17). The van der Waals surface area contributed by atoms with Crippen LogP contribution in [0, 0.1) is 0 Å². The van der Waals surface area contributed by atoms with Gasteiger partial charge in [-0.05, 0) is 35.2 Å². The van der Waals surface area contributed by atoms with Crippen LogP contribution in [0.1, 0.15) is 44.1 Å². The van der Waals surface area contributed by atoms with Crippen molar-refractivity contribution >= 4 is 17.2 Å². The van der Waals surface area contributed by atoms with Crippen molar-refractivity contribution in [2.75, 3.05) is 6.54 Å². The molecule has 0 bridgehead atoms. The van der Waals surface area contributed by atoms with Gasteiger partial charge in [-0.3, -0.25) is 4.79 Å². The van der Waals surface area contributed by atoms with Crippen LogP contribution < -0.4 is 10.6 Å². The largest absolute Gasteiger partial charge is 0.352 e. The molecule has 0 aliphatic heterocycles. The van der Waals surface area contributed by atoms with Crippen molar-refractivity contribution < 1.29 is 4.79 Å². The van der Waals surface area contributed by atoms with Gasteiger partial charge in [-0.25, -0.2) is 0 Å². The van der Waals surface area contributed by atoms with Gasteiger partial charge in [0.25, 0.3) is 0 Å². The summed E-state index contributed by atoms with van der Waals surface area (Å²) in [7, 11) is 0. The van der Waals surface area contributed by atoms with Crippen LogP contribution in [0.25, 0.3) is 0 Å². The van der Waals surface area contributed by atoms with Crippen molar-refractivity contribution in [2.45, 2.75) is 51.1 Å². The first-order valence-electron chi connectivity index (χ1n) is 6.86. The lowest BCUT2D eigenvalue weighted by Gasteiger charge is -2.16. The lowest BCUT2D eigenvalue weighted by molar-refractivity contribution is -0.121. The normalized spacial score (nSPS) is 17.3. The van der Waals surface area contributed by atoms with E-state index in [0.717, 1.165) is 19.4 Å². The third-order valence-electron chi connectivity index (χ3n) is 3.42. The Balaban J connectivity index is 1.62. The summed E-state index contributed by atoms with van der Waals surface area (Å²) in [5.74, 6) is 0.136. The maximum absolute atomic E-state index is 11.8. The highest BCUT2D eigenvalue weighted by molar-refractivity contribution is 7.07. The minimum absolute atomic E-state index is 0.136. The molecule has 0 radical (unpaired) electrons. The molecule has 1 amide bonds. The molecule has 0 atom stereocenters. The van der Waals surface area contributed by atoms with E-state index in [9.17, 15) is 4.79 Å². The smallest absolute Gasteiger partial charge is 0.234 e. The summed E-state index contributed by atoms with van der Waals surface area (Å²) in [6.45, 7) is 1.20. The van der Waals surface area contributed by atoms with Crippen LogP contribution in [0.2, 0.25) is 0 Å². The summed E-state index contributed by atoms with van der Waals surface area (Å²) in [5.41, 5.74) is 1.25. The molecule has 100 valence electrons. The SMILES string of the molecule is O=C(CNCc1ccsc1)NC1CCCCCC1. The van der Waals surface area contributed by atoms with Gasteiger partial charge < -0.3 is 10.6 Å². The Morgan fingerprint density at radius 3 is 2.72 bits per heavy atom. The van der Waals surface area contributed by atoms with Crippen molar-refractivity contribution in [3.63, 3.8) is 0 Å². The number of thiophene rings is 1. The van der Waals surface area contributed by atoms with Crippen LogP contribution in [0.4, 0.5) is 0 Å². The lowest BCUT2D eigenvalue weighted by atomic mass is 10.1. The maximum atomic E-state index is 11.8. The molecule has 1 aromatic heterocycles. The number of hydrogen-bond donors (Lipinski definition) is 2. The van der Waals surface area contributed by atoms with Crippen LogP contribution >= 0.6 is 11.3 Å². The van der Waals surface area contributed by atoms with Gasteiger partial charge in [0.1, 0.15) is 0 Å². The summed E-state index contributed by atoms with van der Waals surface area (Å²) in [4.78, 5) is 11.8. The number of carbonyl (C=O) groups excluding carboxylic acids is 1. The predicted octanol–water partition coefficient (Wildman–Crippen LogP) is 2.68. The second-order valence-electron chi connectivity index (χ2n) is 4.99. The molecular weight excluding hydrogens is 244 g/mol. The lowest BCUT2D eigenvalue weighted by Crippen LogP contribution is -2.40. The van der Waals surface area contributed by atoms with Crippen LogP contribution in [-0.2, 0) is 11.3 Å². The van der Waals surface area contributed by atoms with Gasteiger partial charge in [0, 0.05) is 12.6 Å². The topological polar surface area (TPSA) is 41.1 Å². The van der Waals surface area contributed by atoms with Gasteiger partial charge in [0.05, 0.1) is 6.54 Å². The molecule has 1 heterocycles. The Hall–Kier alpha value is -0.870. The zero-order chi connectivity index (χ0) is 12.6. The number of amides is 1. The van der Waals surface area contributed by atoms with Crippen molar-refractivity contribution in [2.24, 2.45) is 0 Å². The molecule has 4 heteroatoms. The van der Waals surface area contributed by atoms with Crippen LogP contribution in [0.15, 0.2) is 16.8 Å². The Labute approximate surface area is 113 Å². The summed E-state index contributed by atoms with van der Waals surface area (Å²) in [5, 5.41) is 10.5. The Kier molecular flexibility index (Phi) is 5.68. The van der Waals surface area contributed by atoms with Crippen LogP contribution in [0.5, 0.6) is 0 Å². The summed E-state index contributed by atoms with van der Waals surface area (Å²) in [6, 6.07) is 2.49. The molecule has 2 N–H and O–H groups in total. The monoisotopic (exact) mass is 266 g/mol. The molecule has 1 saturated carbocycles. The Bertz CT molecular complexity index is 343. The van der Waals surface area contributed by atoms with Crippen LogP contribution in [-0.4, -0.2) is 18.5 Å². The molecule has 1 aliphatic carbocycles. The average Bonchev–Trinajstić information content (AvgIpc) is 2.74. The highest BCUT2D eigenvalue weighted by Gasteiger charge is 2.14. The van der Waals surface area contributed by atoms with Gasteiger partial charge in [0.15, 0.2) is 0 Å². The minimum atomic E-state index is 0.136. The molecule has 0 saturated heterocycles. The quantitative estimate of drug-likeness (QED) is 0.805. The van der Waals surface area contributed by atoms with E-state index in [2.05, 4.69) is 27.5 Å². The van der Waals surface area contributed by atoms with E-state index in [4.69, 9.17) is 0 Å². The van der Waals surface area contributed by atoms with Crippen molar-refractivity contribution in [3.8, 4) is 0 Å². The average molecular weight is 266 g/mol. The second-order valence-corrected chi connectivity index (χ2v) is 5.77. The molecule has 3 nitrogen and oxygen atoms in total. The number of hydrogen-bond acceptors (Lipinski definition) is 3. The third-order valence-corrected chi connectivity index (χ3v) is 4.15. The molecule has 0 unspecified atom stereocenters. The number of carbonyl (C=O) groups is 1. The minimum Gasteiger partial charge on any atom is -0.352 e. The van der Waals surface area contributed by atoms with E-state index in [1.165, 1.54) is 31.2 Å². The van der Waals surface area contributed by atoms with Gasteiger partial charge >= 0.3 is 0 Å². The van der Waals surface area contributed by atoms with Gasteiger partial charge in [0.2, 0.25) is 5.91 Å². The van der Waals surface area contributed by atoms with E-state index in [1.807, 2.05) is 0 Å². The van der Waals surface area contributed by atoms with Gasteiger partial charge in [-0.1, -0.05) is 25.7 Å². The molecule has 1 fully saturated rings. The summed E-state index contributed by atoms with van der Waals surface area (Å²) < 4.78 is 0. The number of rotatable bonds is 5. The summed E-state index contributed by atoms with van der Waals surface area (Å²) >= 11 is 1.69. The molecule has 18 heavy (non-hydrogen) atoms. The summed E-state index contributed by atoms with van der Waals surface area (Å²) in [6.07, 6.45) is 7.46. The van der Waals surface area contributed by atoms with E-state index >= 15 is 0 Å². The molecule has 1 aliphatic rings. The zero-order valence-electron chi connectivity index (χ0n) is 10.8. The van der Waals surface area contributed by atoms with E-state index in [-0.39, 0.29) is 5.91 Å². The first-order chi connectivity index (χ1) is 8.84. The van der Waals surface area contributed by atoms with Gasteiger partial charge in [-0.2, -0.15) is 11.3 Å². The molecule has 1 aromatic rings. The molecule has 2 rings (SSSR count). The maximum Gasteiger partial charge on any atom is 0.234 e. The predicted molar refractivity (Wildman–Crippen MR) is 75.7 cm³/mol. The highest BCUT2D eigenvalue weighted by atomic mass is 32.1. The first-order valence-corrected chi connectivity index (χ1v) is 7.80. The Morgan fingerprint density at radius 1 is 1.28 bits per heavy atom. The first kappa shape index (κ1) is 13.6. The fourth-order valence-corrected chi connectivity index (χ4v) is 3.08. The second kappa shape index (κ2) is 7.54. The molecule has 0 aromatic carbocycles. The Morgan fingerprint density at radius 2 is 2.06 bits per heavy atom. The fourth-order valence-electron chi connectivity index (χ4n) is 2.42. The van der Waals surface area contributed by atoms with Gasteiger partial charge in [-0.15, -0.1) is 0 Å². The molecule has 0 spiro atoms. The van der Waals surface area contributed by atoms with E-state index < -0.39 is 0 Å². The fraction of sp³-hybridized carbons (Fsp3) is 0.643. The van der Waals surface area contributed by atoms with Crippen LogP contribution in [0.3, 0.4) is 0 Å². The van der Waals surface area contributed by atoms with E-state index in [0.29, 0.717) is 12.6 Å². The van der Waals surface area contributed by atoms with Crippen molar-refractivity contribution in [1.29, 1.82) is 0 Å². The van der Waals surface area contributed by atoms with Crippen molar-refractivity contribution in [3.05, 3.63) is 22.4 Å². The zero-order valence-corrected chi connectivity index (χ0v) is 11.6.